The number of likely N-dealkylation sites (tertiary alicyclic amines) is 1. The Morgan fingerprint density at radius 1 is 0.879 bits per heavy atom. The number of rotatable bonds is 8. The van der Waals surface area contributed by atoms with Crippen LogP contribution in [0, 0.1) is 17.8 Å². The molecule has 1 aromatic rings. The molecule has 4 bridgehead atoms. The molecule has 1 aromatic carbocycles. The Bertz CT molecular complexity index is 813. The molecule has 4 saturated carbocycles. The van der Waals surface area contributed by atoms with Gasteiger partial charge in [-0.2, -0.15) is 0 Å². The lowest BCUT2D eigenvalue weighted by Crippen LogP contribution is -2.61. The van der Waals surface area contributed by atoms with E-state index in [0.29, 0.717) is 19.5 Å². The lowest BCUT2D eigenvalue weighted by atomic mass is 9.53. The van der Waals surface area contributed by atoms with Crippen LogP contribution in [-0.2, 0) is 17.9 Å². The summed E-state index contributed by atoms with van der Waals surface area (Å²) in [5.41, 5.74) is 2.50. The van der Waals surface area contributed by atoms with Crippen molar-refractivity contribution in [1.82, 2.24) is 20.9 Å². The molecule has 5 fully saturated rings. The standard InChI is InChI=1S/C27H40N4O2/c32-25(29-18-23-6-2-3-7-24(23)19-31-10-4-1-5-11-31)8-9-28-26(33)30-27-15-20-12-21(16-27)14-22(13-20)17-27/h2-3,6-7,20-22H,1,4-5,8-19H2,(H,29,32)(H2,28,30,33). The van der Waals surface area contributed by atoms with Crippen molar-refractivity contribution in [2.75, 3.05) is 19.6 Å². The molecule has 1 heterocycles. The fourth-order valence-electron chi connectivity index (χ4n) is 7.36. The summed E-state index contributed by atoms with van der Waals surface area (Å²) in [5, 5.41) is 9.30. The smallest absolute Gasteiger partial charge is 0.315 e. The predicted molar refractivity (Wildman–Crippen MR) is 129 cm³/mol. The molecule has 1 aliphatic heterocycles. The zero-order chi connectivity index (χ0) is 22.7. The topological polar surface area (TPSA) is 73.5 Å². The number of hydrogen-bond donors (Lipinski definition) is 3. The van der Waals surface area contributed by atoms with Gasteiger partial charge in [0.2, 0.25) is 5.91 Å². The number of hydrogen-bond acceptors (Lipinski definition) is 3. The molecule has 1 saturated heterocycles. The van der Waals surface area contributed by atoms with E-state index >= 15 is 0 Å². The van der Waals surface area contributed by atoms with E-state index in [0.717, 1.165) is 56.7 Å². The fourth-order valence-corrected chi connectivity index (χ4v) is 7.36. The van der Waals surface area contributed by atoms with Crippen LogP contribution in [0.5, 0.6) is 0 Å². The Balaban J connectivity index is 1.03. The average molecular weight is 453 g/mol. The van der Waals surface area contributed by atoms with E-state index in [-0.39, 0.29) is 17.5 Å². The summed E-state index contributed by atoms with van der Waals surface area (Å²) in [6.45, 7) is 4.20. The second kappa shape index (κ2) is 10.0. The molecule has 0 unspecified atom stereocenters. The summed E-state index contributed by atoms with van der Waals surface area (Å²) in [5.74, 6) is 2.40. The SMILES string of the molecule is O=C(CCNC(=O)NC12CC3CC(CC(C3)C1)C2)NCc1ccccc1CN1CCCCC1. The maximum Gasteiger partial charge on any atom is 0.315 e. The van der Waals surface area contributed by atoms with Gasteiger partial charge >= 0.3 is 6.03 Å². The summed E-state index contributed by atoms with van der Waals surface area (Å²) in [7, 11) is 0. The van der Waals surface area contributed by atoms with Gasteiger partial charge in [0.05, 0.1) is 0 Å². The van der Waals surface area contributed by atoms with Crippen molar-refractivity contribution in [3.63, 3.8) is 0 Å². The van der Waals surface area contributed by atoms with E-state index in [4.69, 9.17) is 0 Å². The quantitative estimate of drug-likeness (QED) is 0.559. The van der Waals surface area contributed by atoms with Gasteiger partial charge in [0.15, 0.2) is 0 Å². The Hall–Kier alpha value is -2.08. The number of benzene rings is 1. The first-order valence-corrected chi connectivity index (χ1v) is 13.2. The fraction of sp³-hybridized carbons (Fsp3) is 0.704. The van der Waals surface area contributed by atoms with Crippen LogP contribution in [0.4, 0.5) is 4.79 Å². The van der Waals surface area contributed by atoms with Crippen LogP contribution in [0.25, 0.3) is 0 Å². The van der Waals surface area contributed by atoms with E-state index in [1.165, 1.54) is 49.7 Å². The predicted octanol–water partition coefficient (Wildman–Crippen LogP) is 3.95. The molecular formula is C27H40N4O2. The second-order valence-corrected chi connectivity index (χ2v) is 11.2. The van der Waals surface area contributed by atoms with Crippen LogP contribution in [-0.4, -0.2) is 42.0 Å². The maximum atomic E-state index is 12.6. The minimum atomic E-state index is -0.100. The maximum absolute atomic E-state index is 12.6. The Labute approximate surface area is 198 Å². The van der Waals surface area contributed by atoms with Gasteiger partial charge in [-0.1, -0.05) is 30.7 Å². The van der Waals surface area contributed by atoms with E-state index in [9.17, 15) is 9.59 Å². The molecule has 3 amide bonds. The van der Waals surface area contributed by atoms with Gasteiger partial charge in [0.25, 0.3) is 0 Å². The van der Waals surface area contributed by atoms with Crippen LogP contribution in [0.3, 0.4) is 0 Å². The van der Waals surface area contributed by atoms with E-state index in [1.807, 2.05) is 6.07 Å². The van der Waals surface area contributed by atoms with Crippen molar-refractivity contribution in [3.05, 3.63) is 35.4 Å². The van der Waals surface area contributed by atoms with E-state index in [2.05, 4.69) is 39.0 Å². The zero-order valence-corrected chi connectivity index (χ0v) is 19.9. The summed E-state index contributed by atoms with van der Waals surface area (Å²) < 4.78 is 0. The van der Waals surface area contributed by atoms with Crippen molar-refractivity contribution in [2.45, 2.75) is 82.8 Å². The van der Waals surface area contributed by atoms with Crippen molar-refractivity contribution < 1.29 is 9.59 Å². The lowest BCUT2D eigenvalue weighted by molar-refractivity contribution is -0.121. The molecule has 0 atom stereocenters. The Morgan fingerprint density at radius 3 is 2.18 bits per heavy atom. The highest BCUT2D eigenvalue weighted by atomic mass is 16.2. The zero-order valence-electron chi connectivity index (χ0n) is 19.9. The van der Waals surface area contributed by atoms with Gasteiger partial charge in [-0.15, -0.1) is 0 Å². The highest BCUT2D eigenvalue weighted by Gasteiger charge is 2.51. The van der Waals surface area contributed by atoms with Crippen LogP contribution in [0.15, 0.2) is 24.3 Å². The van der Waals surface area contributed by atoms with Crippen LogP contribution >= 0.6 is 0 Å². The normalized spacial score (nSPS) is 30.7. The van der Waals surface area contributed by atoms with E-state index in [1.54, 1.807) is 0 Å². The molecule has 5 aliphatic rings. The number of amides is 3. The summed E-state index contributed by atoms with van der Waals surface area (Å²) in [6, 6.07) is 8.30. The molecule has 6 heteroatoms. The van der Waals surface area contributed by atoms with Gasteiger partial charge in [-0.25, -0.2) is 4.79 Å². The minimum Gasteiger partial charge on any atom is -0.352 e. The summed E-state index contributed by atoms with van der Waals surface area (Å²) in [6.07, 6.45) is 11.7. The monoisotopic (exact) mass is 452 g/mol. The second-order valence-electron chi connectivity index (χ2n) is 11.2. The average Bonchev–Trinajstić information content (AvgIpc) is 2.78. The minimum absolute atomic E-state index is 0.0131. The van der Waals surface area contributed by atoms with Crippen LogP contribution in [0.1, 0.15) is 75.3 Å². The first-order chi connectivity index (χ1) is 16.1. The molecule has 3 N–H and O–H groups in total. The number of carbonyl (C=O) groups excluding carboxylic acids is 2. The highest BCUT2D eigenvalue weighted by Crippen LogP contribution is 2.55. The Kier molecular flexibility index (Phi) is 6.91. The van der Waals surface area contributed by atoms with Gasteiger partial charge in [-0.05, 0) is 93.3 Å². The summed E-state index contributed by atoms with van der Waals surface area (Å²) >= 11 is 0. The molecular weight excluding hydrogens is 412 g/mol. The number of piperidine rings is 1. The number of urea groups is 1. The first-order valence-electron chi connectivity index (χ1n) is 13.2. The summed E-state index contributed by atoms with van der Waals surface area (Å²) in [4.78, 5) is 27.5. The van der Waals surface area contributed by atoms with Gasteiger partial charge in [0.1, 0.15) is 0 Å². The molecule has 0 aromatic heterocycles. The molecule has 33 heavy (non-hydrogen) atoms. The lowest BCUT2D eigenvalue weighted by Gasteiger charge is -2.56. The van der Waals surface area contributed by atoms with Gasteiger partial charge in [-0.3, -0.25) is 9.69 Å². The number of nitrogens with zero attached hydrogens (tertiary/aromatic N) is 1. The largest absolute Gasteiger partial charge is 0.352 e. The van der Waals surface area contributed by atoms with Crippen molar-refractivity contribution >= 4 is 11.9 Å². The molecule has 6 nitrogen and oxygen atoms in total. The van der Waals surface area contributed by atoms with Crippen molar-refractivity contribution in [2.24, 2.45) is 17.8 Å². The third-order valence-corrected chi connectivity index (χ3v) is 8.49. The third-order valence-electron chi connectivity index (χ3n) is 8.49. The third kappa shape index (κ3) is 5.71. The van der Waals surface area contributed by atoms with Crippen LogP contribution < -0.4 is 16.0 Å². The molecule has 4 aliphatic carbocycles. The van der Waals surface area contributed by atoms with Gasteiger partial charge < -0.3 is 16.0 Å². The van der Waals surface area contributed by atoms with Crippen LogP contribution in [0.2, 0.25) is 0 Å². The molecule has 180 valence electrons. The molecule has 0 radical (unpaired) electrons. The van der Waals surface area contributed by atoms with Crippen molar-refractivity contribution in [1.29, 1.82) is 0 Å². The molecule has 6 rings (SSSR count). The first kappa shape index (κ1) is 22.7. The molecule has 0 spiro atoms. The van der Waals surface area contributed by atoms with Gasteiger partial charge in [0, 0.05) is 31.6 Å². The Morgan fingerprint density at radius 2 is 1.52 bits per heavy atom. The van der Waals surface area contributed by atoms with E-state index < -0.39 is 0 Å². The highest BCUT2D eigenvalue weighted by molar-refractivity contribution is 5.78. The number of nitrogens with one attached hydrogen (secondary N) is 3. The number of carbonyl (C=O) groups is 2. The van der Waals surface area contributed by atoms with Crippen molar-refractivity contribution in [3.8, 4) is 0 Å².